The minimum Gasteiger partial charge on any atom is -0.309 e. The standard InChI is InChI=1S/C54H34N4.C53H33N5/c1-3-15-36(16-4-1)45-34-46(56-54(55-45)40-27-26-35-14-7-8-17-37(35)32-40)39-28-29-42-38(33-39)18-13-25-47(42)58-49-24-12-10-22-44(49)53-51(58)31-30-50-52(53)43-21-9-11-23-48(43)57(50)41-19-5-2-6-20-41;1-3-15-35(16-4-1)51-54-52(38-27-26-34-14-7-8-17-36(34)32-38)56-53(55-51)39-28-29-41-37(33-39)18-13-25-44(41)58-46-24-12-10-22-43(46)50-48(58)31-30-47-49(50)42-21-9-11-23-45(42)57(47)40-19-5-2-6-20-40/h1-34H;1-33H. The summed E-state index contributed by atoms with van der Waals surface area (Å²) in [6.07, 6.45) is 0. The van der Waals surface area contributed by atoms with Crippen LogP contribution < -0.4 is 0 Å². The summed E-state index contributed by atoms with van der Waals surface area (Å²) in [6.45, 7) is 0. The second kappa shape index (κ2) is 27.1. The molecule has 24 rings (SSSR count). The molecule has 0 aliphatic heterocycles. The summed E-state index contributed by atoms with van der Waals surface area (Å²) in [6, 6.07) is 145. The molecule has 0 N–H and O–H groups in total. The van der Waals surface area contributed by atoms with Crippen molar-refractivity contribution < 1.29 is 0 Å². The van der Waals surface area contributed by atoms with E-state index in [0.717, 1.165) is 89.1 Å². The summed E-state index contributed by atoms with van der Waals surface area (Å²) >= 11 is 0. The molecule has 0 bridgehead atoms. The molecule has 0 saturated carbocycles. The molecule has 0 unspecified atom stereocenters. The van der Waals surface area contributed by atoms with E-state index in [1.807, 2.05) is 24.3 Å². The van der Waals surface area contributed by atoms with Gasteiger partial charge in [0.15, 0.2) is 23.3 Å². The van der Waals surface area contributed by atoms with Gasteiger partial charge in [-0.15, -0.1) is 0 Å². The van der Waals surface area contributed by atoms with Crippen LogP contribution in [0.5, 0.6) is 0 Å². The summed E-state index contributed by atoms with van der Waals surface area (Å²) < 4.78 is 9.69. The van der Waals surface area contributed by atoms with E-state index in [2.05, 4.69) is 400 Å². The second-order valence-corrected chi connectivity index (χ2v) is 29.8. The Bertz CT molecular complexity index is 7600. The Balaban J connectivity index is 0.000000137. The van der Waals surface area contributed by atoms with E-state index in [1.54, 1.807) is 0 Å². The summed E-state index contributed by atoms with van der Waals surface area (Å²) in [4.78, 5) is 25.5. The number of hydrogen-bond acceptors (Lipinski definition) is 5. The number of fused-ring (bicyclic) bond motifs is 18. The quantitative estimate of drug-likeness (QED) is 0.136. The van der Waals surface area contributed by atoms with Gasteiger partial charge in [-0.25, -0.2) is 24.9 Å². The maximum Gasteiger partial charge on any atom is 0.164 e. The lowest BCUT2D eigenvalue weighted by atomic mass is 10.0. The van der Waals surface area contributed by atoms with Crippen molar-refractivity contribution in [3.8, 4) is 90.8 Å². The molecule has 0 saturated heterocycles. The Hall–Kier alpha value is -15.7. The topological polar surface area (TPSA) is 84.2 Å². The van der Waals surface area contributed by atoms with E-state index in [1.165, 1.54) is 109 Å². The number of para-hydroxylation sites is 6. The monoisotopic (exact) mass is 1480 g/mol. The predicted octanol–water partition coefficient (Wildman–Crippen LogP) is 27.4. The molecule has 6 aromatic heterocycles. The largest absolute Gasteiger partial charge is 0.309 e. The third kappa shape index (κ3) is 10.9. The second-order valence-electron chi connectivity index (χ2n) is 29.8. The van der Waals surface area contributed by atoms with E-state index in [0.29, 0.717) is 23.3 Å². The van der Waals surface area contributed by atoms with E-state index < -0.39 is 0 Å². The SMILES string of the molecule is c1ccc(-c2cc(-c3ccc4c(-n5c6ccccc6c6c7c8ccccc8n(-c8ccccc8)c7ccc65)cccc4c3)nc(-c3ccc4ccccc4c3)n2)cc1.c1ccc(-c2nc(-c3ccc4ccccc4c3)nc(-c3ccc4c(-n5c6ccccc6c6c7c8ccccc8n(-c8ccccc8)c7ccc65)cccc4c3)n2)cc1. The first kappa shape index (κ1) is 66.1. The Morgan fingerprint density at radius 1 is 0.155 bits per heavy atom. The fourth-order valence-electron chi connectivity index (χ4n) is 18.0. The van der Waals surface area contributed by atoms with Gasteiger partial charge in [0, 0.05) is 98.6 Å². The van der Waals surface area contributed by atoms with Crippen LogP contribution in [0.4, 0.5) is 0 Å². The molecule has 9 heteroatoms. The van der Waals surface area contributed by atoms with Crippen LogP contribution in [-0.2, 0) is 0 Å². The molecule has 18 aromatic carbocycles. The molecule has 0 aliphatic rings. The fourth-order valence-corrected chi connectivity index (χ4v) is 18.0. The molecule has 24 aromatic rings. The molecule has 0 fully saturated rings. The van der Waals surface area contributed by atoms with Crippen LogP contribution in [0.3, 0.4) is 0 Å². The highest BCUT2D eigenvalue weighted by Gasteiger charge is 2.25. The molecule has 9 nitrogen and oxygen atoms in total. The zero-order valence-electron chi connectivity index (χ0n) is 62.7. The van der Waals surface area contributed by atoms with Gasteiger partial charge in [-0.3, -0.25) is 0 Å². The van der Waals surface area contributed by atoms with E-state index in [-0.39, 0.29) is 0 Å². The Labute approximate surface area is 666 Å². The van der Waals surface area contributed by atoms with Gasteiger partial charge in [-0.1, -0.05) is 291 Å². The van der Waals surface area contributed by atoms with Gasteiger partial charge in [0.1, 0.15) is 0 Å². The minimum atomic E-state index is 0.637. The fraction of sp³-hybridized carbons (Fsp3) is 0. The smallest absolute Gasteiger partial charge is 0.164 e. The summed E-state index contributed by atoms with van der Waals surface area (Å²) in [7, 11) is 0. The Kier molecular flexibility index (Phi) is 15.4. The molecular weight excluding hydrogens is 1410 g/mol. The third-order valence-electron chi connectivity index (χ3n) is 23.2. The molecule has 0 aliphatic carbocycles. The summed E-state index contributed by atoms with van der Waals surface area (Å²) in [5.41, 5.74) is 21.8. The maximum atomic E-state index is 5.23. The molecule has 540 valence electrons. The Morgan fingerprint density at radius 3 is 0.897 bits per heavy atom. The Morgan fingerprint density at radius 2 is 0.457 bits per heavy atom. The van der Waals surface area contributed by atoms with Gasteiger partial charge in [0.2, 0.25) is 0 Å². The zero-order valence-corrected chi connectivity index (χ0v) is 62.7. The van der Waals surface area contributed by atoms with Crippen LogP contribution in [0.1, 0.15) is 0 Å². The highest BCUT2D eigenvalue weighted by molar-refractivity contribution is 6.31. The van der Waals surface area contributed by atoms with Crippen molar-refractivity contribution >= 4 is 130 Å². The molecular formula is C107H67N9. The van der Waals surface area contributed by atoms with Crippen molar-refractivity contribution in [3.05, 3.63) is 406 Å². The average molecular weight is 1480 g/mol. The van der Waals surface area contributed by atoms with E-state index in [4.69, 9.17) is 24.9 Å². The van der Waals surface area contributed by atoms with Crippen LogP contribution in [0.25, 0.3) is 221 Å². The minimum absolute atomic E-state index is 0.637. The van der Waals surface area contributed by atoms with Gasteiger partial charge in [0.05, 0.1) is 66.9 Å². The van der Waals surface area contributed by atoms with Crippen LogP contribution >= 0.6 is 0 Å². The number of rotatable bonds is 10. The summed E-state index contributed by atoms with van der Waals surface area (Å²) in [5.74, 6) is 2.64. The van der Waals surface area contributed by atoms with Crippen molar-refractivity contribution in [3.63, 3.8) is 0 Å². The normalized spacial score (nSPS) is 11.8. The lowest BCUT2D eigenvalue weighted by Crippen LogP contribution is -2.00. The van der Waals surface area contributed by atoms with Crippen molar-refractivity contribution in [1.82, 2.24) is 43.2 Å². The van der Waals surface area contributed by atoms with Crippen LogP contribution in [0.15, 0.2) is 406 Å². The zero-order chi connectivity index (χ0) is 76.3. The summed E-state index contributed by atoms with van der Waals surface area (Å²) in [5, 5.41) is 19.3. The van der Waals surface area contributed by atoms with E-state index in [9.17, 15) is 0 Å². The first-order valence-corrected chi connectivity index (χ1v) is 39.4. The van der Waals surface area contributed by atoms with Crippen molar-refractivity contribution in [2.45, 2.75) is 0 Å². The first-order chi connectivity index (χ1) is 57.5. The van der Waals surface area contributed by atoms with Gasteiger partial charge >= 0.3 is 0 Å². The number of hydrogen-bond donors (Lipinski definition) is 0. The van der Waals surface area contributed by atoms with Crippen LogP contribution in [0.2, 0.25) is 0 Å². The van der Waals surface area contributed by atoms with Crippen molar-refractivity contribution in [1.29, 1.82) is 0 Å². The lowest BCUT2D eigenvalue weighted by Gasteiger charge is -2.14. The predicted molar refractivity (Wildman–Crippen MR) is 482 cm³/mol. The number of benzene rings is 18. The average Bonchev–Trinajstić information content (AvgIpc) is 1.55. The highest BCUT2D eigenvalue weighted by Crippen LogP contribution is 2.47. The van der Waals surface area contributed by atoms with Crippen molar-refractivity contribution in [2.75, 3.05) is 0 Å². The molecule has 0 atom stereocenters. The van der Waals surface area contributed by atoms with Gasteiger partial charge < -0.3 is 18.3 Å². The molecule has 0 radical (unpaired) electrons. The van der Waals surface area contributed by atoms with Gasteiger partial charge in [-0.05, 0) is 148 Å². The van der Waals surface area contributed by atoms with Gasteiger partial charge in [-0.2, -0.15) is 0 Å². The van der Waals surface area contributed by atoms with Crippen LogP contribution in [0, 0.1) is 0 Å². The first-order valence-electron chi connectivity index (χ1n) is 39.4. The molecule has 0 amide bonds. The number of nitrogens with zero attached hydrogens (tertiary/aromatic N) is 9. The maximum absolute atomic E-state index is 5.23. The van der Waals surface area contributed by atoms with Crippen molar-refractivity contribution in [2.24, 2.45) is 0 Å². The number of aromatic nitrogens is 9. The third-order valence-corrected chi connectivity index (χ3v) is 23.2. The lowest BCUT2D eigenvalue weighted by molar-refractivity contribution is 1.07. The van der Waals surface area contributed by atoms with Crippen LogP contribution in [-0.4, -0.2) is 43.2 Å². The van der Waals surface area contributed by atoms with Gasteiger partial charge in [0.25, 0.3) is 0 Å². The molecule has 116 heavy (non-hydrogen) atoms. The van der Waals surface area contributed by atoms with E-state index >= 15 is 0 Å². The highest BCUT2D eigenvalue weighted by atomic mass is 15.0. The molecule has 6 heterocycles. The molecule has 0 spiro atoms.